The average molecular weight is 464 g/mol. The molecule has 0 aromatic carbocycles. The number of aromatic nitrogens is 3. The van der Waals surface area contributed by atoms with Gasteiger partial charge in [0.1, 0.15) is 11.6 Å². The van der Waals surface area contributed by atoms with Gasteiger partial charge in [0.2, 0.25) is 11.9 Å². The second-order valence-electron chi connectivity index (χ2n) is 9.46. The van der Waals surface area contributed by atoms with Crippen LogP contribution in [0.1, 0.15) is 46.6 Å². The Hall–Kier alpha value is -2.48. The van der Waals surface area contributed by atoms with Crippen LogP contribution in [0.5, 0.6) is 0 Å². The molecule has 32 heavy (non-hydrogen) atoms. The standard InChI is InChI=1S/C23H31ClFN5O2/c1-13-8-17(14(2)15(3)23(13,4)5)29-18-11-28-30(22(32)21(18)24)12-20(31)27-10-16-6-7-26-19(25)9-16/h6-7,9,11,13-15,17,29H,8,10,12H2,1-5H3,(H,27,31)/t13-,14+,15+,17+/m0/s1. The maximum atomic E-state index is 13.1. The molecule has 0 aliphatic heterocycles. The second kappa shape index (κ2) is 9.57. The third-order valence-electron chi connectivity index (χ3n) is 7.37. The quantitative estimate of drug-likeness (QED) is 0.635. The van der Waals surface area contributed by atoms with Gasteiger partial charge in [-0.05, 0) is 47.3 Å². The van der Waals surface area contributed by atoms with Crippen LogP contribution in [-0.2, 0) is 17.9 Å². The number of rotatable bonds is 6. The number of hydrogen-bond acceptors (Lipinski definition) is 5. The highest BCUT2D eigenvalue weighted by Gasteiger charge is 2.43. The lowest BCUT2D eigenvalue weighted by Gasteiger charge is -2.50. The van der Waals surface area contributed by atoms with E-state index in [1.165, 1.54) is 18.5 Å². The zero-order valence-electron chi connectivity index (χ0n) is 19.2. The van der Waals surface area contributed by atoms with Crippen molar-refractivity contribution in [2.24, 2.45) is 23.2 Å². The summed E-state index contributed by atoms with van der Waals surface area (Å²) >= 11 is 6.35. The topological polar surface area (TPSA) is 88.9 Å². The Bertz CT molecular complexity index is 1040. The number of halogens is 2. The van der Waals surface area contributed by atoms with Gasteiger partial charge in [0.15, 0.2) is 0 Å². The van der Waals surface area contributed by atoms with Crippen molar-refractivity contribution < 1.29 is 9.18 Å². The molecule has 7 nitrogen and oxygen atoms in total. The highest BCUT2D eigenvalue weighted by Crippen LogP contribution is 2.48. The molecule has 2 aromatic heterocycles. The van der Waals surface area contributed by atoms with Crippen LogP contribution in [0.25, 0.3) is 0 Å². The normalized spacial score (nSPS) is 24.7. The maximum absolute atomic E-state index is 13.1. The summed E-state index contributed by atoms with van der Waals surface area (Å²) in [4.78, 5) is 28.4. The first-order valence-electron chi connectivity index (χ1n) is 10.9. The smallest absolute Gasteiger partial charge is 0.288 e. The van der Waals surface area contributed by atoms with Crippen LogP contribution in [0.3, 0.4) is 0 Å². The van der Waals surface area contributed by atoms with Crippen molar-refractivity contribution in [1.82, 2.24) is 20.1 Å². The number of amides is 1. The minimum Gasteiger partial charge on any atom is -0.379 e. The summed E-state index contributed by atoms with van der Waals surface area (Å²) in [6, 6.07) is 3.00. The molecule has 2 aromatic rings. The molecule has 0 bridgehead atoms. The Morgan fingerprint density at radius 3 is 2.75 bits per heavy atom. The second-order valence-corrected chi connectivity index (χ2v) is 9.83. The van der Waals surface area contributed by atoms with E-state index in [9.17, 15) is 14.0 Å². The van der Waals surface area contributed by atoms with Crippen molar-refractivity contribution in [1.29, 1.82) is 0 Å². The lowest BCUT2D eigenvalue weighted by Crippen LogP contribution is -2.48. The molecular weight excluding hydrogens is 433 g/mol. The van der Waals surface area contributed by atoms with E-state index in [0.29, 0.717) is 29.0 Å². The lowest BCUT2D eigenvalue weighted by molar-refractivity contribution is -0.122. The Kier molecular flexibility index (Phi) is 7.22. The SMILES string of the molecule is C[C@@H]1[C@@H](C)C(C)(C)[C@@H](C)C[C@H]1Nc1cnn(CC(=O)NCc2ccnc(F)c2)c(=O)c1Cl. The van der Waals surface area contributed by atoms with Crippen molar-refractivity contribution in [3.8, 4) is 0 Å². The van der Waals surface area contributed by atoms with Crippen LogP contribution in [0.15, 0.2) is 29.3 Å². The summed E-state index contributed by atoms with van der Waals surface area (Å²) in [5.41, 5.74) is 0.749. The van der Waals surface area contributed by atoms with E-state index in [1.807, 2.05) is 0 Å². The minimum absolute atomic E-state index is 0.0151. The molecule has 0 radical (unpaired) electrons. The molecule has 1 aliphatic rings. The molecule has 0 unspecified atom stereocenters. The van der Waals surface area contributed by atoms with Gasteiger partial charge in [-0.3, -0.25) is 9.59 Å². The number of nitrogens with one attached hydrogen (secondary N) is 2. The van der Waals surface area contributed by atoms with Gasteiger partial charge in [-0.15, -0.1) is 0 Å². The molecule has 174 valence electrons. The van der Waals surface area contributed by atoms with Crippen LogP contribution in [0.2, 0.25) is 5.02 Å². The summed E-state index contributed by atoms with van der Waals surface area (Å²) in [7, 11) is 0. The molecule has 2 N–H and O–H groups in total. The van der Waals surface area contributed by atoms with Crippen LogP contribution in [0.4, 0.5) is 10.1 Å². The predicted octanol–water partition coefficient (Wildman–Crippen LogP) is 3.87. The van der Waals surface area contributed by atoms with E-state index in [2.05, 4.69) is 55.3 Å². The number of carbonyl (C=O) groups is 1. The summed E-state index contributed by atoms with van der Waals surface area (Å²) in [6.07, 6.45) is 3.79. The van der Waals surface area contributed by atoms with Gasteiger partial charge in [-0.1, -0.05) is 46.2 Å². The molecule has 2 heterocycles. The fourth-order valence-electron chi connectivity index (χ4n) is 4.39. The Morgan fingerprint density at radius 2 is 2.06 bits per heavy atom. The number of hydrogen-bond donors (Lipinski definition) is 2. The summed E-state index contributed by atoms with van der Waals surface area (Å²) in [6.45, 7) is 11.2. The molecule has 9 heteroatoms. The first-order chi connectivity index (χ1) is 15.0. The van der Waals surface area contributed by atoms with Gasteiger partial charge < -0.3 is 10.6 Å². The Balaban J connectivity index is 1.66. The first kappa shape index (κ1) is 24.2. The molecule has 1 saturated carbocycles. The molecule has 0 saturated heterocycles. The zero-order valence-corrected chi connectivity index (χ0v) is 19.9. The Labute approximate surface area is 192 Å². The number of carbonyl (C=O) groups excluding carboxylic acids is 1. The summed E-state index contributed by atoms with van der Waals surface area (Å²) in [5, 5.41) is 10.2. The van der Waals surface area contributed by atoms with E-state index in [-0.39, 0.29) is 29.6 Å². The van der Waals surface area contributed by atoms with Crippen molar-refractivity contribution in [2.45, 2.75) is 60.2 Å². The molecular formula is C23H31ClFN5O2. The van der Waals surface area contributed by atoms with E-state index in [0.717, 1.165) is 11.1 Å². The highest BCUT2D eigenvalue weighted by atomic mass is 35.5. The molecule has 0 spiro atoms. The number of pyridine rings is 1. The van der Waals surface area contributed by atoms with Crippen molar-refractivity contribution in [2.75, 3.05) is 5.32 Å². The fourth-order valence-corrected chi connectivity index (χ4v) is 4.59. The lowest BCUT2D eigenvalue weighted by atomic mass is 9.58. The monoisotopic (exact) mass is 463 g/mol. The van der Waals surface area contributed by atoms with Gasteiger partial charge in [0, 0.05) is 18.8 Å². The van der Waals surface area contributed by atoms with Crippen molar-refractivity contribution in [3.63, 3.8) is 0 Å². The van der Waals surface area contributed by atoms with E-state index in [1.54, 1.807) is 6.07 Å². The first-order valence-corrected chi connectivity index (χ1v) is 11.3. The van der Waals surface area contributed by atoms with Gasteiger partial charge >= 0.3 is 0 Å². The summed E-state index contributed by atoms with van der Waals surface area (Å²) in [5.74, 6) is 0.344. The van der Waals surface area contributed by atoms with E-state index >= 15 is 0 Å². The van der Waals surface area contributed by atoms with Gasteiger partial charge in [0.25, 0.3) is 5.56 Å². The van der Waals surface area contributed by atoms with E-state index < -0.39 is 17.4 Å². The van der Waals surface area contributed by atoms with Gasteiger partial charge in [-0.25, -0.2) is 9.67 Å². The minimum atomic E-state index is -0.621. The van der Waals surface area contributed by atoms with Gasteiger partial charge in [-0.2, -0.15) is 9.49 Å². The molecule has 1 fully saturated rings. The highest BCUT2D eigenvalue weighted by molar-refractivity contribution is 6.32. The molecule has 4 atom stereocenters. The van der Waals surface area contributed by atoms with E-state index in [4.69, 9.17) is 11.6 Å². The van der Waals surface area contributed by atoms with Crippen molar-refractivity contribution >= 4 is 23.2 Å². The third-order valence-corrected chi connectivity index (χ3v) is 7.74. The van der Waals surface area contributed by atoms with Crippen LogP contribution in [0, 0.1) is 29.1 Å². The third kappa shape index (κ3) is 5.11. The van der Waals surface area contributed by atoms with Crippen LogP contribution < -0.4 is 16.2 Å². The molecule has 3 rings (SSSR count). The fraction of sp³-hybridized carbons (Fsp3) is 0.565. The van der Waals surface area contributed by atoms with Gasteiger partial charge in [0.05, 0.1) is 11.9 Å². The number of nitrogens with zero attached hydrogens (tertiary/aromatic N) is 3. The zero-order chi connectivity index (χ0) is 23.6. The molecule has 1 aliphatic carbocycles. The largest absolute Gasteiger partial charge is 0.379 e. The van der Waals surface area contributed by atoms with Crippen molar-refractivity contribution in [3.05, 3.63) is 51.4 Å². The molecule has 1 amide bonds. The van der Waals surface area contributed by atoms with Crippen LogP contribution >= 0.6 is 11.6 Å². The maximum Gasteiger partial charge on any atom is 0.288 e. The summed E-state index contributed by atoms with van der Waals surface area (Å²) < 4.78 is 14.2. The predicted molar refractivity (Wildman–Crippen MR) is 123 cm³/mol. The average Bonchev–Trinajstić information content (AvgIpc) is 2.74. The van der Waals surface area contributed by atoms with Crippen LogP contribution in [-0.4, -0.2) is 26.7 Å². The Morgan fingerprint density at radius 1 is 1.34 bits per heavy atom. The number of anilines is 1.